The van der Waals surface area contributed by atoms with Crippen molar-refractivity contribution in [2.24, 2.45) is 7.05 Å². The predicted molar refractivity (Wildman–Crippen MR) is 112 cm³/mol. The van der Waals surface area contributed by atoms with Crippen molar-refractivity contribution in [1.29, 1.82) is 0 Å². The summed E-state index contributed by atoms with van der Waals surface area (Å²) >= 11 is 1.35. The number of benzene rings is 2. The van der Waals surface area contributed by atoms with Crippen molar-refractivity contribution in [3.63, 3.8) is 0 Å². The van der Waals surface area contributed by atoms with E-state index in [2.05, 4.69) is 27.6 Å². The van der Waals surface area contributed by atoms with Gasteiger partial charge in [-0.3, -0.25) is 4.79 Å². The van der Waals surface area contributed by atoms with Gasteiger partial charge in [-0.2, -0.15) is 0 Å². The number of hydrogen-bond donors (Lipinski definition) is 1. The van der Waals surface area contributed by atoms with Crippen LogP contribution in [0, 0.1) is 0 Å². The predicted octanol–water partition coefficient (Wildman–Crippen LogP) is 2.85. The van der Waals surface area contributed by atoms with Crippen LogP contribution in [0.5, 0.6) is 11.5 Å². The van der Waals surface area contributed by atoms with Crippen LogP contribution in [0.1, 0.15) is 11.4 Å². The van der Waals surface area contributed by atoms with E-state index in [1.54, 1.807) is 7.11 Å². The number of amides is 1. The van der Waals surface area contributed by atoms with E-state index in [0.29, 0.717) is 29.0 Å². The zero-order chi connectivity index (χ0) is 20.5. The quantitative estimate of drug-likeness (QED) is 0.516. The molecule has 3 rings (SSSR count). The van der Waals surface area contributed by atoms with Gasteiger partial charge in [0.25, 0.3) is 0 Å². The Morgan fingerprint density at radius 1 is 1.07 bits per heavy atom. The number of thioether (sulfide) groups is 1. The summed E-state index contributed by atoms with van der Waals surface area (Å²) in [5.74, 6) is 2.23. The number of aromatic nitrogens is 3. The van der Waals surface area contributed by atoms with Gasteiger partial charge in [0.15, 0.2) is 22.5 Å². The minimum absolute atomic E-state index is 0.0271. The summed E-state index contributed by atoms with van der Waals surface area (Å²) in [6.07, 6.45) is 0.811. The Morgan fingerprint density at radius 2 is 1.79 bits per heavy atom. The Balaban J connectivity index is 1.45. The molecule has 0 bridgehead atoms. The fraction of sp³-hybridized carbons (Fsp3) is 0.286. The van der Waals surface area contributed by atoms with Crippen LogP contribution in [-0.2, 0) is 24.9 Å². The molecule has 0 spiro atoms. The second-order valence-corrected chi connectivity index (χ2v) is 7.21. The Labute approximate surface area is 174 Å². The first-order valence-electron chi connectivity index (χ1n) is 9.25. The van der Waals surface area contributed by atoms with Crippen LogP contribution in [0.3, 0.4) is 0 Å². The first kappa shape index (κ1) is 20.7. The number of rotatable bonds is 10. The molecule has 0 aliphatic carbocycles. The highest BCUT2D eigenvalue weighted by Crippen LogP contribution is 2.26. The summed E-state index contributed by atoms with van der Waals surface area (Å²) in [4.78, 5) is 12.1. The first-order valence-corrected chi connectivity index (χ1v) is 10.2. The number of nitrogens with one attached hydrogen (secondary N) is 1. The van der Waals surface area contributed by atoms with Crippen molar-refractivity contribution in [3.8, 4) is 11.5 Å². The summed E-state index contributed by atoms with van der Waals surface area (Å²) in [5, 5.41) is 11.9. The fourth-order valence-electron chi connectivity index (χ4n) is 2.65. The van der Waals surface area contributed by atoms with Gasteiger partial charge < -0.3 is 19.4 Å². The maximum atomic E-state index is 12.1. The lowest BCUT2D eigenvalue weighted by molar-refractivity contribution is -0.118. The molecular weight excluding hydrogens is 388 g/mol. The lowest BCUT2D eigenvalue weighted by Gasteiger charge is -2.10. The minimum atomic E-state index is -0.0271. The number of ether oxygens (including phenoxy) is 2. The van der Waals surface area contributed by atoms with Gasteiger partial charge in [0.05, 0.1) is 12.9 Å². The molecule has 1 amide bonds. The standard InChI is InChI=1S/C21H24N4O3S/c1-25-19(14-28-18-11-7-6-10-17(18)27-2)23-24-21(25)29-15-20(26)22-13-12-16-8-4-3-5-9-16/h3-11H,12-15H2,1-2H3,(H,22,26). The summed E-state index contributed by atoms with van der Waals surface area (Å²) in [5.41, 5.74) is 1.20. The van der Waals surface area contributed by atoms with E-state index in [-0.39, 0.29) is 18.3 Å². The van der Waals surface area contributed by atoms with Crippen molar-refractivity contribution in [2.75, 3.05) is 19.4 Å². The lowest BCUT2D eigenvalue weighted by atomic mass is 10.1. The Bertz CT molecular complexity index is 931. The molecule has 0 aliphatic heterocycles. The fourth-order valence-corrected chi connectivity index (χ4v) is 3.41. The SMILES string of the molecule is COc1ccccc1OCc1nnc(SCC(=O)NCCc2ccccc2)n1C. The molecule has 1 aromatic heterocycles. The van der Waals surface area contributed by atoms with Gasteiger partial charge in [-0.25, -0.2) is 0 Å². The first-order chi connectivity index (χ1) is 14.2. The van der Waals surface area contributed by atoms with Crippen LogP contribution in [0.15, 0.2) is 59.8 Å². The summed E-state index contributed by atoms with van der Waals surface area (Å²) in [7, 11) is 3.46. The second kappa shape index (κ2) is 10.5. The van der Waals surface area contributed by atoms with E-state index in [0.717, 1.165) is 6.42 Å². The topological polar surface area (TPSA) is 78.3 Å². The zero-order valence-corrected chi connectivity index (χ0v) is 17.3. The van der Waals surface area contributed by atoms with Gasteiger partial charge in [0.1, 0.15) is 6.61 Å². The molecular formula is C21H24N4O3S. The third kappa shape index (κ3) is 5.99. The summed E-state index contributed by atoms with van der Waals surface area (Å²) in [6.45, 7) is 0.869. The van der Waals surface area contributed by atoms with Crippen molar-refractivity contribution in [1.82, 2.24) is 20.1 Å². The highest BCUT2D eigenvalue weighted by molar-refractivity contribution is 7.99. The molecule has 2 aromatic carbocycles. The zero-order valence-electron chi connectivity index (χ0n) is 16.5. The molecule has 8 heteroatoms. The monoisotopic (exact) mass is 412 g/mol. The van der Waals surface area contributed by atoms with Crippen molar-refractivity contribution in [2.45, 2.75) is 18.2 Å². The molecule has 0 fully saturated rings. The number of carbonyl (C=O) groups is 1. The largest absolute Gasteiger partial charge is 0.493 e. The second-order valence-electron chi connectivity index (χ2n) is 6.27. The van der Waals surface area contributed by atoms with Gasteiger partial charge in [0.2, 0.25) is 5.91 Å². The number of methoxy groups -OCH3 is 1. The molecule has 0 saturated carbocycles. The molecule has 0 unspecified atom stereocenters. The molecule has 29 heavy (non-hydrogen) atoms. The Morgan fingerprint density at radius 3 is 2.55 bits per heavy atom. The summed E-state index contributed by atoms with van der Waals surface area (Å²) < 4.78 is 12.9. The molecule has 7 nitrogen and oxygen atoms in total. The van der Waals surface area contributed by atoms with Gasteiger partial charge in [-0.15, -0.1) is 10.2 Å². The molecule has 0 aliphatic rings. The highest BCUT2D eigenvalue weighted by Gasteiger charge is 2.13. The van der Waals surface area contributed by atoms with Crippen LogP contribution in [-0.4, -0.2) is 40.1 Å². The molecule has 0 saturated heterocycles. The molecule has 3 aromatic rings. The molecule has 0 atom stereocenters. The van der Waals surface area contributed by atoms with E-state index in [4.69, 9.17) is 9.47 Å². The van der Waals surface area contributed by atoms with E-state index in [9.17, 15) is 4.79 Å². The van der Waals surface area contributed by atoms with Gasteiger partial charge >= 0.3 is 0 Å². The summed E-state index contributed by atoms with van der Waals surface area (Å²) in [6, 6.07) is 17.5. The van der Waals surface area contributed by atoms with Crippen LogP contribution in [0.25, 0.3) is 0 Å². The van der Waals surface area contributed by atoms with E-state index in [1.807, 2.05) is 54.1 Å². The minimum Gasteiger partial charge on any atom is -0.493 e. The Kier molecular flexibility index (Phi) is 7.52. The normalized spacial score (nSPS) is 10.6. The van der Waals surface area contributed by atoms with Crippen molar-refractivity contribution >= 4 is 17.7 Å². The van der Waals surface area contributed by atoms with Crippen LogP contribution < -0.4 is 14.8 Å². The van der Waals surface area contributed by atoms with E-state index in [1.165, 1.54) is 17.3 Å². The Hall–Kier alpha value is -3.00. The average Bonchev–Trinajstić information content (AvgIpc) is 3.11. The van der Waals surface area contributed by atoms with Crippen LogP contribution >= 0.6 is 11.8 Å². The third-order valence-electron chi connectivity index (χ3n) is 4.26. The maximum Gasteiger partial charge on any atom is 0.230 e. The van der Waals surface area contributed by atoms with E-state index < -0.39 is 0 Å². The van der Waals surface area contributed by atoms with Gasteiger partial charge in [0, 0.05) is 13.6 Å². The highest BCUT2D eigenvalue weighted by atomic mass is 32.2. The third-order valence-corrected chi connectivity index (χ3v) is 5.28. The number of carbonyl (C=O) groups excluding carboxylic acids is 1. The van der Waals surface area contributed by atoms with Crippen LogP contribution in [0.4, 0.5) is 0 Å². The number of para-hydroxylation sites is 2. The average molecular weight is 413 g/mol. The smallest absolute Gasteiger partial charge is 0.230 e. The van der Waals surface area contributed by atoms with Gasteiger partial charge in [-0.1, -0.05) is 54.2 Å². The molecule has 152 valence electrons. The van der Waals surface area contributed by atoms with Crippen molar-refractivity contribution < 1.29 is 14.3 Å². The molecule has 1 heterocycles. The molecule has 0 radical (unpaired) electrons. The van der Waals surface area contributed by atoms with Crippen LogP contribution in [0.2, 0.25) is 0 Å². The van der Waals surface area contributed by atoms with Gasteiger partial charge in [-0.05, 0) is 24.1 Å². The lowest BCUT2D eigenvalue weighted by Crippen LogP contribution is -2.27. The van der Waals surface area contributed by atoms with Crippen molar-refractivity contribution in [3.05, 3.63) is 66.0 Å². The number of nitrogens with zero attached hydrogens (tertiary/aromatic N) is 3. The number of hydrogen-bond acceptors (Lipinski definition) is 6. The van der Waals surface area contributed by atoms with E-state index >= 15 is 0 Å². The molecule has 1 N–H and O–H groups in total. The maximum absolute atomic E-state index is 12.1.